The van der Waals surface area contributed by atoms with Gasteiger partial charge in [0.15, 0.2) is 6.29 Å². The Morgan fingerprint density at radius 2 is 0.974 bits per heavy atom. The number of aryl methyl sites for hydroxylation is 1. The molecule has 0 aliphatic carbocycles. The molecule has 202 valence electrons. The van der Waals surface area contributed by atoms with Gasteiger partial charge in [0.05, 0.1) is 5.56 Å². The van der Waals surface area contributed by atoms with Gasteiger partial charge in [0.2, 0.25) is 0 Å². The summed E-state index contributed by atoms with van der Waals surface area (Å²) in [6, 6.07) is 25.0. The first-order valence-corrected chi connectivity index (χ1v) is 12.9. The zero-order valence-corrected chi connectivity index (χ0v) is 22.0. The van der Waals surface area contributed by atoms with Gasteiger partial charge >= 0.3 is 0 Å². The van der Waals surface area contributed by atoms with Crippen LogP contribution in [-0.4, -0.2) is 49.6 Å². The van der Waals surface area contributed by atoms with Gasteiger partial charge in [-0.1, -0.05) is 60.7 Å². The lowest BCUT2D eigenvalue weighted by Gasteiger charge is -2.29. The Labute approximate surface area is 228 Å². The Bertz CT molecular complexity index is 1370. The summed E-state index contributed by atoms with van der Waals surface area (Å²) in [6.45, 7) is 4.65. The first-order valence-electron chi connectivity index (χ1n) is 12.9. The van der Waals surface area contributed by atoms with Crippen LogP contribution >= 0.6 is 0 Å². The van der Waals surface area contributed by atoms with E-state index in [-0.39, 0.29) is 28.6 Å². The zero-order valence-electron chi connectivity index (χ0n) is 22.0. The van der Waals surface area contributed by atoms with Crippen molar-refractivity contribution in [3.8, 4) is 23.0 Å². The standard InChI is InChI=1S/C32H34N2O5/c1-23-16-27(32(39)28(17-23)22-35)21-34(20-26-10-4-7-13-31(26)38)15-14-33(18-24-8-2-5-11-29(24)36)19-25-9-3-6-12-30(25)37/h2-13,16-17,22,36-39H,14-15,18-21H2,1H3. The summed E-state index contributed by atoms with van der Waals surface area (Å²) in [6.07, 6.45) is 0.652. The van der Waals surface area contributed by atoms with Crippen LogP contribution in [0.25, 0.3) is 0 Å². The van der Waals surface area contributed by atoms with E-state index < -0.39 is 0 Å². The fraction of sp³-hybridized carbons (Fsp3) is 0.219. The van der Waals surface area contributed by atoms with Crippen molar-refractivity contribution in [2.45, 2.75) is 33.1 Å². The largest absolute Gasteiger partial charge is 0.508 e. The lowest BCUT2D eigenvalue weighted by molar-refractivity contribution is 0.112. The van der Waals surface area contributed by atoms with Gasteiger partial charge in [-0.15, -0.1) is 0 Å². The molecular weight excluding hydrogens is 492 g/mol. The number of aldehydes is 1. The molecule has 0 aromatic heterocycles. The van der Waals surface area contributed by atoms with E-state index in [0.29, 0.717) is 51.1 Å². The van der Waals surface area contributed by atoms with Crippen LogP contribution in [-0.2, 0) is 26.2 Å². The molecule has 0 saturated heterocycles. The fourth-order valence-electron chi connectivity index (χ4n) is 4.70. The molecule has 0 unspecified atom stereocenters. The molecule has 39 heavy (non-hydrogen) atoms. The Hall–Kier alpha value is -4.33. The van der Waals surface area contributed by atoms with Gasteiger partial charge in [0.25, 0.3) is 0 Å². The van der Waals surface area contributed by atoms with Crippen LogP contribution < -0.4 is 0 Å². The number of carbonyl (C=O) groups is 1. The van der Waals surface area contributed by atoms with Crippen LogP contribution in [0.2, 0.25) is 0 Å². The number of phenolic OH excluding ortho intramolecular Hbond substituents is 4. The number of nitrogens with zero attached hydrogens (tertiary/aromatic N) is 2. The average molecular weight is 527 g/mol. The maximum Gasteiger partial charge on any atom is 0.153 e. The van der Waals surface area contributed by atoms with Crippen molar-refractivity contribution in [1.29, 1.82) is 0 Å². The Kier molecular flexibility index (Phi) is 9.20. The third-order valence-corrected chi connectivity index (χ3v) is 6.77. The van der Waals surface area contributed by atoms with Crippen LogP contribution in [0.5, 0.6) is 23.0 Å². The van der Waals surface area contributed by atoms with Crippen LogP contribution in [0.3, 0.4) is 0 Å². The third-order valence-electron chi connectivity index (χ3n) is 6.77. The first-order chi connectivity index (χ1) is 18.8. The van der Waals surface area contributed by atoms with Crippen LogP contribution in [0, 0.1) is 6.92 Å². The summed E-state index contributed by atoms with van der Waals surface area (Å²) in [5.74, 6) is 0.553. The van der Waals surface area contributed by atoms with Gasteiger partial charge in [-0.2, -0.15) is 0 Å². The van der Waals surface area contributed by atoms with Crippen molar-refractivity contribution in [2.75, 3.05) is 13.1 Å². The molecule has 0 saturated carbocycles. The normalized spacial score (nSPS) is 11.3. The van der Waals surface area contributed by atoms with Gasteiger partial charge in [-0.25, -0.2) is 0 Å². The number of phenols is 4. The SMILES string of the molecule is Cc1cc(C=O)c(O)c(CN(CCN(Cc2ccccc2O)Cc2ccccc2O)Cc2ccccc2O)c1. The van der Waals surface area contributed by atoms with E-state index >= 15 is 0 Å². The van der Waals surface area contributed by atoms with Crippen LogP contribution in [0.1, 0.15) is 38.2 Å². The highest BCUT2D eigenvalue weighted by Crippen LogP contribution is 2.27. The summed E-state index contributed by atoms with van der Waals surface area (Å²) < 4.78 is 0. The first kappa shape index (κ1) is 27.7. The van der Waals surface area contributed by atoms with E-state index in [2.05, 4.69) is 9.80 Å². The molecule has 0 spiro atoms. The monoisotopic (exact) mass is 526 g/mol. The Morgan fingerprint density at radius 3 is 1.36 bits per heavy atom. The second kappa shape index (κ2) is 13.0. The molecular formula is C32H34N2O5. The average Bonchev–Trinajstić information content (AvgIpc) is 2.92. The quantitative estimate of drug-likeness (QED) is 0.185. The fourth-order valence-corrected chi connectivity index (χ4v) is 4.70. The van der Waals surface area contributed by atoms with Gasteiger partial charge < -0.3 is 20.4 Å². The second-order valence-electron chi connectivity index (χ2n) is 9.79. The molecule has 0 amide bonds. The molecule has 7 heteroatoms. The number of aromatic hydroxyl groups is 4. The molecule has 4 rings (SSSR count). The van der Waals surface area contributed by atoms with Crippen LogP contribution in [0.4, 0.5) is 0 Å². The van der Waals surface area contributed by atoms with Crippen molar-refractivity contribution in [3.05, 3.63) is 118 Å². The van der Waals surface area contributed by atoms with Gasteiger partial charge in [-0.3, -0.25) is 14.6 Å². The van der Waals surface area contributed by atoms with Gasteiger partial charge in [0.1, 0.15) is 23.0 Å². The van der Waals surface area contributed by atoms with Gasteiger partial charge in [0, 0.05) is 61.5 Å². The van der Waals surface area contributed by atoms with E-state index in [1.807, 2.05) is 49.4 Å². The van der Waals surface area contributed by atoms with Crippen molar-refractivity contribution < 1.29 is 25.2 Å². The highest BCUT2D eigenvalue weighted by molar-refractivity contribution is 5.80. The predicted octanol–water partition coefficient (Wildman–Crippen LogP) is 5.33. The minimum absolute atomic E-state index is 0.0434. The number of hydrogen-bond acceptors (Lipinski definition) is 7. The molecule has 0 atom stereocenters. The van der Waals surface area contributed by atoms with Crippen molar-refractivity contribution >= 4 is 6.29 Å². The van der Waals surface area contributed by atoms with E-state index in [1.165, 1.54) is 0 Å². The third kappa shape index (κ3) is 7.37. The maximum atomic E-state index is 11.5. The zero-order chi connectivity index (χ0) is 27.8. The molecule has 7 nitrogen and oxygen atoms in total. The van der Waals surface area contributed by atoms with E-state index in [9.17, 15) is 25.2 Å². The molecule has 0 heterocycles. The summed E-state index contributed by atoms with van der Waals surface area (Å²) >= 11 is 0. The number of rotatable bonds is 12. The summed E-state index contributed by atoms with van der Waals surface area (Å²) in [5, 5.41) is 42.0. The molecule has 0 fully saturated rings. The molecule has 4 N–H and O–H groups in total. The van der Waals surface area contributed by atoms with Crippen LogP contribution in [0.15, 0.2) is 84.9 Å². The van der Waals surface area contributed by atoms with E-state index in [4.69, 9.17) is 0 Å². The highest BCUT2D eigenvalue weighted by Gasteiger charge is 2.18. The number of para-hydroxylation sites is 3. The molecule has 0 aliphatic heterocycles. The Balaban J connectivity index is 1.61. The molecule has 0 aliphatic rings. The van der Waals surface area contributed by atoms with Crippen molar-refractivity contribution in [2.24, 2.45) is 0 Å². The molecule has 4 aromatic carbocycles. The summed E-state index contributed by atoms with van der Waals surface area (Å²) in [4.78, 5) is 15.7. The second-order valence-corrected chi connectivity index (χ2v) is 9.79. The lowest BCUT2D eigenvalue weighted by atomic mass is 10.0. The number of carbonyl (C=O) groups excluding carboxylic acids is 1. The van der Waals surface area contributed by atoms with Gasteiger partial charge in [-0.05, 0) is 36.8 Å². The lowest BCUT2D eigenvalue weighted by Crippen LogP contribution is -2.34. The number of hydrogen-bond donors (Lipinski definition) is 4. The topological polar surface area (TPSA) is 104 Å². The highest BCUT2D eigenvalue weighted by atomic mass is 16.3. The van der Waals surface area contributed by atoms with Crippen molar-refractivity contribution in [1.82, 2.24) is 9.80 Å². The molecule has 4 aromatic rings. The molecule has 0 bridgehead atoms. The predicted molar refractivity (Wildman–Crippen MR) is 151 cm³/mol. The Morgan fingerprint density at radius 1 is 0.590 bits per heavy atom. The van der Waals surface area contributed by atoms with Crippen molar-refractivity contribution in [3.63, 3.8) is 0 Å². The summed E-state index contributed by atoms with van der Waals surface area (Å²) in [7, 11) is 0. The number of benzene rings is 4. The van der Waals surface area contributed by atoms with E-state index in [1.54, 1.807) is 42.5 Å². The summed E-state index contributed by atoms with van der Waals surface area (Å²) in [5.41, 5.74) is 4.02. The smallest absolute Gasteiger partial charge is 0.153 e. The minimum atomic E-state index is -0.0434. The maximum absolute atomic E-state index is 11.5. The minimum Gasteiger partial charge on any atom is -0.508 e. The molecule has 0 radical (unpaired) electrons. The van der Waals surface area contributed by atoms with E-state index in [0.717, 1.165) is 22.3 Å².